The van der Waals surface area contributed by atoms with Crippen molar-refractivity contribution in [3.8, 4) is 0 Å². The monoisotopic (exact) mass is 328 g/mol. The molecule has 1 fully saturated rings. The van der Waals surface area contributed by atoms with E-state index in [9.17, 15) is 9.18 Å². The third-order valence-corrected chi connectivity index (χ3v) is 4.14. The third kappa shape index (κ3) is 3.15. The second kappa shape index (κ2) is 5.59. The molecule has 1 aromatic rings. The largest absolute Gasteiger partial charge is 0.341 e. The van der Waals surface area contributed by atoms with Crippen molar-refractivity contribution in [1.29, 1.82) is 0 Å². The quantitative estimate of drug-likeness (QED) is 0.924. The first-order valence-electron chi connectivity index (χ1n) is 6.32. The molecule has 5 heteroatoms. The van der Waals surface area contributed by atoms with Gasteiger partial charge in [-0.05, 0) is 38.1 Å². The molecule has 0 aromatic heterocycles. The van der Waals surface area contributed by atoms with Gasteiger partial charge in [-0.15, -0.1) is 0 Å². The molecule has 0 aliphatic carbocycles. The zero-order valence-electron chi connectivity index (χ0n) is 11.2. The van der Waals surface area contributed by atoms with Crippen LogP contribution < -0.4 is 5.32 Å². The Morgan fingerprint density at radius 1 is 1.58 bits per heavy atom. The van der Waals surface area contributed by atoms with E-state index in [0.29, 0.717) is 18.7 Å². The topological polar surface area (TPSA) is 32.3 Å². The van der Waals surface area contributed by atoms with Crippen LogP contribution in [0.1, 0.15) is 18.9 Å². The van der Waals surface area contributed by atoms with Gasteiger partial charge < -0.3 is 10.2 Å². The number of carbonyl (C=O) groups excluding carboxylic acids is 1. The second-order valence-corrected chi connectivity index (χ2v) is 6.30. The van der Waals surface area contributed by atoms with E-state index in [4.69, 9.17) is 0 Å². The van der Waals surface area contributed by atoms with Gasteiger partial charge in [0.1, 0.15) is 5.82 Å². The molecule has 1 atom stereocenters. The number of rotatable bonds is 3. The summed E-state index contributed by atoms with van der Waals surface area (Å²) >= 11 is 3.32. The predicted octanol–water partition coefficient (Wildman–Crippen LogP) is 2.55. The van der Waals surface area contributed by atoms with Gasteiger partial charge in [0.05, 0.1) is 5.41 Å². The number of nitrogens with zero attached hydrogens (tertiary/aromatic N) is 1. The van der Waals surface area contributed by atoms with E-state index in [-0.39, 0.29) is 17.1 Å². The highest BCUT2D eigenvalue weighted by Crippen LogP contribution is 2.27. The van der Waals surface area contributed by atoms with Crippen LogP contribution in [0.5, 0.6) is 0 Å². The number of hydrogen-bond donors (Lipinski definition) is 1. The second-order valence-electron chi connectivity index (χ2n) is 5.38. The van der Waals surface area contributed by atoms with Gasteiger partial charge in [-0.3, -0.25) is 4.79 Å². The van der Waals surface area contributed by atoms with Crippen LogP contribution in [0, 0.1) is 11.2 Å². The molecular formula is C14H18BrFN2O. The van der Waals surface area contributed by atoms with Crippen LogP contribution >= 0.6 is 15.9 Å². The van der Waals surface area contributed by atoms with Crippen LogP contribution in [-0.2, 0) is 11.3 Å². The molecule has 1 N–H and O–H groups in total. The summed E-state index contributed by atoms with van der Waals surface area (Å²) in [5.41, 5.74) is 0.164. The summed E-state index contributed by atoms with van der Waals surface area (Å²) in [5.74, 6) is -0.213. The Hall–Kier alpha value is -0.940. The Labute approximate surface area is 121 Å². The van der Waals surface area contributed by atoms with E-state index >= 15 is 0 Å². The minimum absolute atomic E-state index is 0.0666. The van der Waals surface area contributed by atoms with Crippen molar-refractivity contribution in [3.63, 3.8) is 0 Å². The molecule has 1 heterocycles. The lowest BCUT2D eigenvalue weighted by atomic mass is 9.88. The van der Waals surface area contributed by atoms with Crippen LogP contribution in [0.4, 0.5) is 4.39 Å². The standard InChI is InChI=1S/C14H18BrFN2O/c1-14(5-6-17-9-14)13(19)18(2)8-10-7-11(15)3-4-12(10)16/h3-4,7,17H,5-6,8-9H2,1-2H3/t14-/m0/s1. The van der Waals surface area contributed by atoms with Gasteiger partial charge >= 0.3 is 0 Å². The third-order valence-electron chi connectivity index (χ3n) is 3.65. The summed E-state index contributed by atoms with van der Waals surface area (Å²) < 4.78 is 14.5. The molecule has 1 saturated heterocycles. The van der Waals surface area contributed by atoms with Crippen molar-refractivity contribution in [2.75, 3.05) is 20.1 Å². The molecule has 0 unspecified atom stereocenters. The molecule has 1 aromatic carbocycles. The van der Waals surface area contributed by atoms with Gasteiger partial charge in [-0.1, -0.05) is 15.9 Å². The lowest BCUT2D eigenvalue weighted by Gasteiger charge is -2.28. The molecule has 19 heavy (non-hydrogen) atoms. The first-order chi connectivity index (χ1) is 8.92. The fourth-order valence-electron chi connectivity index (χ4n) is 2.45. The molecule has 104 valence electrons. The molecule has 0 saturated carbocycles. The summed E-state index contributed by atoms with van der Waals surface area (Å²) in [6.45, 7) is 3.81. The Morgan fingerprint density at radius 3 is 2.95 bits per heavy atom. The van der Waals surface area contributed by atoms with E-state index in [1.807, 2.05) is 6.92 Å². The molecule has 1 aliphatic rings. The summed E-state index contributed by atoms with van der Waals surface area (Å²) in [7, 11) is 1.73. The van der Waals surface area contributed by atoms with Crippen LogP contribution in [0.25, 0.3) is 0 Å². The van der Waals surface area contributed by atoms with Gasteiger partial charge in [-0.25, -0.2) is 4.39 Å². The molecule has 2 rings (SSSR count). The number of amides is 1. The molecule has 3 nitrogen and oxygen atoms in total. The maximum Gasteiger partial charge on any atom is 0.229 e. The van der Waals surface area contributed by atoms with Crippen molar-refractivity contribution in [3.05, 3.63) is 34.1 Å². The van der Waals surface area contributed by atoms with Gasteiger partial charge in [0.25, 0.3) is 0 Å². The summed E-state index contributed by atoms with van der Waals surface area (Å²) in [6.07, 6.45) is 0.830. The van der Waals surface area contributed by atoms with Crippen molar-refractivity contribution in [1.82, 2.24) is 10.2 Å². The lowest BCUT2D eigenvalue weighted by molar-refractivity contribution is -0.139. The number of benzene rings is 1. The first-order valence-corrected chi connectivity index (χ1v) is 7.12. The van der Waals surface area contributed by atoms with E-state index in [2.05, 4.69) is 21.2 Å². The number of hydrogen-bond acceptors (Lipinski definition) is 2. The van der Waals surface area contributed by atoms with Crippen molar-refractivity contribution < 1.29 is 9.18 Å². The van der Waals surface area contributed by atoms with Gasteiger partial charge in [0, 0.05) is 30.2 Å². The van der Waals surface area contributed by atoms with E-state index < -0.39 is 0 Å². The van der Waals surface area contributed by atoms with E-state index in [0.717, 1.165) is 17.4 Å². The van der Waals surface area contributed by atoms with E-state index in [1.165, 1.54) is 6.07 Å². The van der Waals surface area contributed by atoms with E-state index in [1.54, 1.807) is 24.1 Å². The molecule has 1 aliphatic heterocycles. The smallest absolute Gasteiger partial charge is 0.229 e. The highest BCUT2D eigenvalue weighted by atomic mass is 79.9. The minimum Gasteiger partial charge on any atom is -0.341 e. The number of halogens is 2. The fraction of sp³-hybridized carbons (Fsp3) is 0.500. The Morgan fingerprint density at radius 2 is 2.32 bits per heavy atom. The molecule has 0 bridgehead atoms. The lowest BCUT2D eigenvalue weighted by Crippen LogP contribution is -2.41. The van der Waals surface area contributed by atoms with Crippen molar-refractivity contribution in [2.45, 2.75) is 19.9 Å². The number of nitrogens with one attached hydrogen (secondary N) is 1. The maximum atomic E-state index is 13.7. The average Bonchev–Trinajstić information content (AvgIpc) is 2.81. The highest BCUT2D eigenvalue weighted by Gasteiger charge is 2.38. The predicted molar refractivity (Wildman–Crippen MR) is 76.2 cm³/mol. The summed E-state index contributed by atoms with van der Waals surface area (Å²) in [4.78, 5) is 14.0. The van der Waals surface area contributed by atoms with Crippen molar-refractivity contribution in [2.24, 2.45) is 5.41 Å². The Kier molecular flexibility index (Phi) is 4.26. The number of carbonyl (C=O) groups is 1. The summed E-state index contributed by atoms with van der Waals surface area (Å²) in [6, 6.07) is 4.79. The van der Waals surface area contributed by atoms with Gasteiger partial charge in [-0.2, -0.15) is 0 Å². The van der Waals surface area contributed by atoms with Crippen LogP contribution in [0.2, 0.25) is 0 Å². The molecule has 0 spiro atoms. The normalized spacial score (nSPS) is 22.5. The van der Waals surface area contributed by atoms with Gasteiger partial charge in [0.15, 0.2) is 0 Å². The van der Waals surface area contributed by atoms with Crippen LogP contribution in [0.15, 0.2) is 22.7 Å². The molecule has 1 amide bonds. The zero-order valence-corrected chi connectivity index (χ0v) is 12.8. The first kappa shape index (κ1) is 14.5. The van der Waals surface area contributed by atoms with Crippen LogP contribution in [-0.4, -0.2) is 30.9 Å². The highest BCUT2D eigenvalue weighted by molar-refractivity contribution is 9.10. The fourth-order valence-corrected chi connectivity index (χ4v) is 2.86. The SMILES string of the molecule is CN(Cc1cc(Br)ccc1F)C(=O)[C@@]1(C)CCNC1. The van der Waals surface area contributed by atoms with Gasteiger partial charge in [0.2, 0.25) is 5.91 Å². The Balaban J connectivity index is 2.10. The minimum atomic E-state index is -0.364. The molecule has 0 radical (unpaired) electrons. The average molecular weight is 329 g/mol. The maximum absolute atomic E-state index is 13.7. The Bertz CT molecular complexity index is 486. The van der Waals surface area contributed by atoms with Crippen LogP contribution in [0.3, 0.4) is 0 Å². The van der Waals surface area contributed by atoms with Crippen molar-refractivity contribution >= 4 is 21.8 Å². The summed E-state index contributed by atoms with van der Waals surface area (Å²) in [5, 5.41) is 3.20. The zero-order chi connectivity index (χ0) is 14.0. The molecular weight excluding hydrogens is 311 g/mol.